The number of aliphatic hydroxyl groups is 2. The molecule has 54 heavy (non-hydrogen) atoms. The molecule has 0 aromatic rings. The molecule has 0 aromatic heterocycles. The number of allylic oxidation sites excluding steroid dienone is 5. The number of carbonyl (C=O) groups is 1. The molecule has 2 unspecified atom stereocenters. The van der Waals surface area contributed by atoms with Gasteiger partial charge in [0.05, 0.1) is 18.8 Å². The summed E-state index contributed by atoms with van der Waals surface area (Å²) >= 11 is 0. The lowest BCUT2D eigenvalue weighted by atomic mass is 10.0. The molecule has 0 aromatic carbocycles. The van der Waals surface area contributed by atoms with E-state index < -0.39 is 12.1 Å². The molecule has 4 heteroatoms. The van der Waals surface area contributed by atoms with Gasteiger partial charge in [0.2, 0.25) is 5.91 Å². The highest BCUT2D eigenvalue weighted by Gasteiger charge is 2.18. The van der Waals surface area contributed by atoms with Crippen molar-refractivity contribution in [3.63, 3.8) is 0 Å². The summed E-state index contributed by atoms with van der Waals surface area (Å²) in [6.07, 6.45) is 61.2. The Kier molecular flexibility index (Phi) is 44.8. The second-order valence-corrected chi connectivity index (χ2v) is 16.6. The van der Waals surface area contributed by atoms with Crippen LogP contribution in [-0.4, -0.2) is 34.9 Å². The van der Waals surface area contributed by atoms with Crippen LogP contribution in [0.15, 0.2) is 36.5 Å². The molecule has 0 aliphatic carbocycles. The van der Waals surface area contributed by atoms with Crippen LogP contribution in [0.2, 0.25) is 0 Å². The van der Waals surface area contributed by atoms with Crippen LogP contribution >= 0.6 is 0 Å². The van der Waals surface area contributed by atoms with Gasteiger partial charge in [-0.25, -0.2) is 0 Å². The van der Waals surface area contributed by atoms with Gasteiger partial charge in [-0.3, -0.25) is 4.79 Å². The van der Waals surface area contributed by atoms with E-state index in [-0.39, 0.29) is 12.5 Å². The summed E-state index contributed by atoms with van der Waals surface area (Å²) in [6, 6.07) is -0.623. The van der Waals surface area contributed by atoms with Crippen molar-refractivity contribution >= 4 is 5.91 Å². The van der Waals surface area contributed by atoms with Gasteiger partial charge in [0.15, 0.2) is 0 Å². The minimum atomic E-state index is -0.840. The van der Waals surface area contributed by atoms with E-state index in [4.69, 9.17) is 0 Å². The lowest BCUT2D eigenvalue weighted by molar-refractivity contribution is -0.123. The van der Waals surface area contributed by atoms with Crippen molar-refractivity contribution in [2.24, 2.45) is 0 Å². The number of hydrogen-bond donors (Lipinski definition) is 3. The minimum Gasteiger partial charge on any atom is -0.394 e. The molecule has 0 aliphatic heterocycles. The maximum atomic E-state index is 12.4. The molecule has 4 nitrogen and oxygen atoms in total. The molecular formula is C50H95NO3. The summed E-state index contributed by atoms with van der Waals surface area (Å²) in [4.78, 5) is 12.4. The standard InChI is InChI=1S/C50H95NO3/c1-3-5-7-9-11-13-15-17-19-21-23-24-25-26-28-29-31-33-35-37-39-41-43-45-49(53)48(47-52)51-50(54)46-44-42-40-38-36-34-32-30-27-22-20-18-16-14-12-10-8-6-4-2/h12,14,16,18,43,45,48-49,52-53H,3-11,13,15,17,19-42,44,46-47H2,1-2H3,(H,51,54)/b14-12-,18-16-,45-43+. The van der Waals surface area contributed by atoms with Crippen molar-refractivity contribution in [2.45, 2.75) is 270 Å². The number of carbonyl (C=O) groups excluding carboxylic acids is 1. The van der Waals surface area contributed by atoms with Gasteiger partial charge in [0.1, 0.15) is 0 Å². The summed E-state index contributed by atoms with van der Waals surface area (Å²) in [7, 11) is 0. The maximum Gasteiger partial charge on any atom is 0.220 e. The summed E-state index contributed by atoms with van der Waals surface area (Å²) in [5, 5.41) is 23.1. The number of rotatable bonds is 44. The van der Waals surface area contributed by atoms with Crippen LogP contribution in [0.4, 0.5) is 0 Å². The maximum absolute atomic E-state index is 12.4. The zero-order valence-electron chi connectivity index (χ0n) is 36.5. The molecule has 0 radical (unpaired) electrons. The van der Waals surface area contributed by atoms with E-state index in [2.05, 4.69) is 43.5 Å². The fourth-order valence-electron chi connectivity index (χ4n) is 7.41. The van der Waals surface area contributed by atoms with Crippen LogP contribution in [0.25, 0.3) is 0 Å². The highest BCUT2D eigenvalue weighted by molar-refractivity contribution is 5.76. The predicted octanol–water partition coefficient (Wildman–Crippen LogP) is 15.4. The van der Waals surface area contributed by atoms with E-state index in [1.54, 1.807) is 6.08 Å². The first-order valence-corrected chi connectivity index (χ1v) is 24.2. The Morgan fingerprint density at radius 2 is 0.741 bits per heavy atom. The topological polar surface area (TPSA) is 69.6 Å². The van der Waals surface area contributed by atoms with Crippen LogP contribution in [0.3, 0.4) is 0 Å². The number of unbranched alkanes of at least 4 members (excludes halogenated alkanes) is 34. The van der Waals surface area contributed by atoms with Gasteiger partial charge >= 0.3 is 0 Å². The molecule has 0 saturated carbocycles. The molecule has 318 valence electrons. The fraction of sp³-hybridized carbons (Fsp3) is 0.860. The van der Waals surface area contributed by atoms with Gasteiger partial charge in [-0.1, -0.05) is 243 Å². The third-order valence-corrected chi connectivity index (χ3v) is 11.1. The van der Waals surface area contributed by atoms with Gasteiger partial charge < -0.3 is 15.5 Å². The molecule has 0 heterocycles. The summed E-state index contributed by atoms with van der Waals surface area (Å²) in [5.41, 5.74) is 0. The van der Waals surface area contributed by atoms with Crippen molar-refractivity contribution in [1.29, 1.82) is 0 Å². The smallest absolute Gasteiger partial charge is 0.220 e. The third kappa shape index (κ3) is 41.8. The van der Waals surface area contributed by atoms with E-state index >= 15 is 0 Å². The van der Waals surface area contributed by atoms with Gasteiger partial charge in [-0.2, -0.15) is 0 Å². The first-order valence-electron chi connectivity index (χ1n) is 24.2. The molecule has 0 bridgehead atoms. The lowest BCUT2D eigenvalue weighted by Crippen LogP contribution is -2.45. The molecule has 2 atom stereocenters. The number of nitrogens with one attached hydrogen (secondary N) is 1. The first kappa shape index (κ1) is 52.6. The van der Waals surface area contributed by atoms with E-state index in [1.165, 1.54) is 212 Å². The highest BCUT2D eigenvalue weighted by atomic mass is 16.3. The van der Waals surface area contributed by atoms with Crippen LogP contribution in [0.5, 0.6) is 0 Å². The molecular weight excluding hydrogens is 663 g/mol. The predicted molar refractivity (Wildman–Crippen MR) is 239 cm³/mol. The van der Waals surface area contributed by atoms with Crippen LogP contribution in [0, 0.1) is 0 Å². The van der Waals surface area contributed by atoms with Crippen molar-refractivity contribution in [1.82, 2.24) is 5.32 Å². The zero-order chi connectivity index (χ0) is 39.3. The quantitative estimate of drug-likeness (QED) is 0.0329. The van der Waals surface area contributed by atoms with Gasteiger partial charge in [-0.05, 0) is 44.9 Å². The van der Waals surface area contributed by atoms with Crippen molar-refractivity contribution in [3.8, 4) is 0 Å². The monoisotopic (exact) mass is 758 g/mol. The van der Waals surface area contributed by atoms with Gasteiger partial charge in [0.25, 0.3) is 0 Å². The third-order valence-electron chi connectivity index (χ3n) is 11.1. The molecule has 0 fully saturated rings. The normalized spacial score (nSPS) is 13.2. The van der Waals surface area contributed by atoms with E-state index in [0.29, 0.717) is 6.42 Å². The Labute approximate surface area is 338 Å². The van der Waals surface area contributed by atoms with E-state index in [0.717, 1.165) is 25.7 Å². The van der Waals surface area contributed by atoms with Crippen molar-refractivity contribution in [2.75, 3.05) is 6.61 Å². The Hall–Kier alpha value is -1.39. The minimum absolute atomic E-state index is 0.0660. The average Bonchev–Trinajstić information content (AvgIpc) is 3.18. The zero-order valence-corrected chi connectivity index (χ0v) is 36.5. The molecule has 3 N–H and O–H groups in total. The molecule has 0 aliphatic rings. The fourth-order valence-corrected chi connectivity index (χ4v) is 7.41. The Morgan fingerprint density at radius 3 is 1.11 bits per heavy atom. The molecule has 1 amide bonds. The molecule has 0 spiro atoms. The van der Waals surface area contributed by atoms with E-state index in [9.17, 15) is 15.0 Å². The SMILES string of the molecule is CCCCC/C=C\C=C/CCCCCCCCCCCCC(=O)NC(CO)C(O)/C=C/CCCCCCCCCCCCCCCCCCCCCCC. The highest BCUT2D eigenvalue weighted by Crippen LogP contribution is 2.16. The largest absolute Gasteiger partial charge is 0.394 e. The van der Waals surface area contributed by atoms with Crippen LogP contribution < -0.4 is 5.32 Å². The Bertz CT molecular complexity index is 821. The second-order valence-electron chi connectivity index (χ2n) is 16.6. The second kappa shape index (κ2) is 46.0. The van der Waals surface area contributed by atoms with Crippen LogP contribution in [-0.2, 0) is 4.79 Å². The number of aliphatic hydroxyl groups excluding tert-OH is 2. The average molecular weight is 758 g/mol. The lowest BCUT2D eigenvalue weighted by Gasteiger charge is -2.20. The molecule has 0 rings (SSSR count). The van der Waals surface area contributed by atoms with Crippen molar-refractivity contribution in [3.05, 3.63) is 36.5 Å². The molecule has 0 saturated heterocycles. The Morgan fingerprint density at radius 1 is 0.444 bits per heavy atom. The summed E-state index contributed by atoms with van der Waals surface area (Å²) in [6.45, 7) is 4.30. The first-order chi connectivity index (χ1) is 26.7. The van der Waals surface area contributed by atoms with E-state index in [1.807, 2.05) is 6.08 Å². The number of hydrogen-bond acceptors (Lipinski definition) is 3. The van der Waals surface area contributed by atoms with Gasteiger partial charge in [-0.15, -0.1) is 0 Å². The van der Waals surface area contributed by atoms with Crippen molar-refractivity contribution < 1.29 is 15.0 Å². The Balaban J connectivity index is 3.53. The van der Waals surface area contributed by atoms with Crippen LogP contribution in [0.1, 0.15) is 258 Å². The summed E-state index contributed by atoms with van der Waals surface area (Å²) < 4.78 is 0. The number of amides is 1. The summed E-state index contributed by atoms with van der Waals surface area (Å²) in [5.74, 6) is -0.0660. The van der Waals surface area contributed by atoms with Gasteiger partial charge in [0, 0.05) is 6.42 Å².